The zero-order valence-electron chi connectivity index (χ0n) is 9.20. The van der Waals surface area contributed by atoms with E-state index in [1.54, 1.807) is 25.2 Å². The second-order valence-electron chi connectivity index (χ2n) is 3.46. The fourth-order valence-electron chi connectivity index (χ4n) is 1.31. The first-order chi connectivity index (χ1) is 8.16. The van der Waals surface area contributed by atoms with Crippen molar-refractivity contribution in [3.05, 3.63) is 36.1 Å². The lowest BCUT2D eigenvalue weighted by molar-refractivity contribution is 0.0775. The van der Waals surface area contributed by atoms with Crippen LogP contribution in [0.25, 0.3) is 0 Å². The van der Waals surface area contributed by atoms with E-state index in [0.717, 1.165) is 0 Å². The minimum atomic E-state index is -0.248. The molecule has 2 rings (SSSR count). The van der Waals surface area contributed by atoms with Crippen LogP contribution in [0.5, 0.6) is 0 Å². The molecule has 0 radical (unpaired) electrons. The van der Waals surface area contributed by atoms with Gasteiger partial charge in [-0.3, -0.25) is 4.79 Å². The predicted molar refractivity (Wildman–Crippen MR) is 58.7 cm³/mol. The lowest BCUT2D eigenvalue weighted by Gasteiger charge is -2.14. The Morgan fingerprint density at radius 1 is 1.53 bits per heavy atom. The summed E-state index contributed by atoms with van der Waals surface area (Å²) in [5.74, 6) is 0.496. The third-order valence-electron chi connectivity index (χ3n) is 2.12. The number of nitrogens with zero attached hydrogens (tertiary/aromatic N) is 4. The Kier molecular flexibility index (Phi) is 2.99. The molecule has 0 aliphatic carbocycles. The molecule has 2 N–H and O–H groups in total. The Morgan fingerprint density at radius 2 is 2.35 bits per heavy atom. The highest BCUT2D eigenvalue weighted by Gasteiger charge is 2.15. The minimum absolute atomic E-state index is 0.248. The van der Waals surface area contributed by atoms with Crippen molar-refractivity contribution in [1.82, 2.24) is 20.0 Å². The maximum atomic E-state index is 11.9. The summed E-state index contributed by atoms with van der Waals surface area (Å²) in [6.07, 6.45) is 1.21. The van der Waals surface area contributed by atoms with Crippen molar-refractivity contribution in [3.8, 4) is 0 Å². The van der Waals surface area contributed by atoms with Crippen LogP contribution >= 0.6 is 0 Å². The number of anilines is 1. The molecule has 2 heterocycles. The number of pyridine rings is 1. The van der Waals surface area contributed by atoms with Gasteiger partial charge in [0.25, 0.3) is 5.91 Å². The van der Waals surface area contributed by atoms with Gasteiger partial charge in [-0.15, -0.1) is 0 Å². The molecule has 7 nitrogen and oxygen atoms in total. The van der Waals surface area contributed by atoms with Crippen molar-refractivity contribution in [3.63, 3.8) is 0 Å². The minimum Gasteiger partial charge on any atom is -0.384 e. The third-order valence-corrected chi connectivity index (χ3v) is 2.12. The van der Waals surface area contributed by atoms with Crippen molar-refractivity contribution in [2.24, 2.45) is 0 Å². The van der Waals surface area contributed by atoms with Gasteiger partial charge in [-0.1, -0.05) is 11.2 Å². The van der Waals surface area contributed by atoms with Gasteiger partial charge in [0, 0.05) is 7.05 Å². The smallest absolute Gasteiger partial charge is 0.272 e. The van der Waals surface area contributed by atoms with Crippen molar-refractivity contribution in [2.45, 2.75) is 6.54 Å². The zero-order valence-corrected chi connectivity index (χ0v) is 9.20. The van der Waals surface area contributed by atoms with Crippen LogP contribution in [-0.4, -0.2) is 33.0 Å². The number of hydrogen-bond donors (Lipinski definition) is 1. The summed E-state index contributed by atoms with van der Waals surface area (Å²) < 4.78 is 4.59. The van der Waals surface area contributed by atoms with Crippen LogP contribution in [0.2, 0.25) is 0 Å². The molecule has 0 aliphatic heterocycles. The summed E-state index contributed by atoms with van der Waals surface area (Å²) in [4.78, 5) is 21.2. The Hall–Kier alpha value is -2.44. The summed E-state index contributed by atoms with van der Waals surface area (Å²) in [5.41, 5.74) is 5.80. The molecule has 0 aliphatic rings. The lowest BCUT2D eigenvalue weighted by Crippen LogP contribution is -2.27. The molecular weight excluding hydrogens is 222 g/mol. The molecule has 17 heavy (non-hydrogen) atoms. The average molecular weight is 233 g/mol. The van der Waals surface area contributed by atoms with Crippen LogP contribution in [0.1, 0.15) is 16.3 Å². The van der Waals surface area contributed by atoms with E-state index in [1.165, 1.54) is 11.3 Å². The van der Waals surface area contributed by atoms with Crippen LogP contribution in [0.3, 0.4) is 0 Å². The molecule has 2 aromatic heterocycles. The molecule has 0 fully saturated rings. The van der Waals surface area contributed by atoms with Crippen LogP contribution in [-0.2, 0) is 6.54 Å². The number of carbonyl (C=O) groups is 1. The topological polar surface area (TPSA) is 98.1 Å². The summed E-state index contributed by atoms with van der Waals surface area (Å²) in [6.45, 7) is 0.256. The Bertz CT molecular complexity index is 511. The quantitative estimate of drug-likeness (QED) is 0.819. The van der Waals surface area contributed by atoms with E-state index in [9.17, 15) is 4.79 Å². The summed E-state index contributed by atoms with van der Waals surface area (Å²) in [5, 5.41) is 3.62. The standard InChI is InChI=1S/C10H11N5O2/c1-15(5-9-12-6-17-14-9)10(16)7-3-2-4-8(11)13-7/h2-4,6H,5H2,1H3,(H2,11,13). The molecule has 0 unspecified atom stereocenters. The number of aromatic nitrogens is 3. The Labute approximate surface area is 97.2 Å². The van der Waals surface area contributed by atoms with E-state index in [-0.39, 0.29) is 18.1 Å². The normalized spacial score (nSPS) is 10.2. The van der Waals surface area contributed by atoms with E-state index >= 15 is 0 Å². The fraction of sp³-hybridized carbons (Fsp3) is 0.200. The molecule has 0 atom stereocenters. The molecular formula is C10H11N5O2. The second kappa shape index (κ2) is 4.60. The van der Waals surface area contributed by atoms with Crippen molar-refractivity contribution < 1.29 is 9.32 Å². The molecule has 7 heteroatoms. The van der Waals surface area contributed by atoms with Gasteiger partial charge >= 0.3 is 0 Å². The molecule has 88 valence electrons. The SMILES string of the molecule is CN(Cc1ncon1)C(=O)c1cccc(N)n1. The van der Waals surface area contributed by atoms with Gasteiger partial charge in [-0.2, -0.15) is 4.98 Å². The van der Waals surface area contributed by atoms with Gasteiger partial charge in [-0.25, -0.2) is 4.98 Å². The number of hydrogen-bond acceptors (Lipinski definition) is 6. The first-order valence-corrected chi connectivity index (χ1v) is 4.90. The largest absolute Gasteiger partial charge is 0.384 e. The van der Waals surface area contributed by atoms with Crippen LogP contribution < -0.4 is 5.73 Å². The van der Waals surface area contributed by atoms with Crippen LogP contribution in [0.4, 0.5) is 5.82 Å². The van der Waals surface area contributed by atoms with Gasteiger partial charge in [0.1, 0.15) is 11.5 Å². The Morgan fingerprint density at radius 3 is 3.00 bits per heavy atom. The Balaban J connectivity index is 2.09. The van der Waals surface area contributed by atoms with E-state index in [2.05, 4.69) is 19.6 Å². The van der Waals surface area contributed by atoms with Gasteiger partial charge < -0.3 is 15.2 Å². The van der Waals surface area contributed by atoms with Gasteiger partial charge in [-0.05, 0) is 12.1 Å². The molecule has 0 saturated carbocycles. The third kappa shape index (κ3) is 2.57. The maximum Gasteiger partial charge on any atom is 0.272 e. The van der Waals surface area contributed by atoms with Gasteiger partial charge in [0.15, 0.2) is 5.82 Å². The first-order valence-electron chi connectivity index (χ1n) is 4.90. The second-order valence-corrected chi connectivity index (χ2v) is 3.46. The highest BCUT2D eigenvalue weighted by Crippen LogP contribution is 2.05. The molecule has 2 aromatic rings. The van der Waals surface area contributed by atoms with Gasteiger partial charge in [0.2, 0.25) is 6.39 Å². The number of nitrogen functional groups attached to an aromatic ring is 1. The van der Waals surface area contributed by atoms with Crippen molar-refractivity contribution in [1.29, 1.82) is 0 Å². The summed E-state index contributed by atoms with van der Waals surface area (Å²) in [6, 6.07) is 4.90. The monoisotopic (exact) mass is 233 g/mol. The zero-order chi connectivity index (χ0) is 12.3. The molecule has 0 bridgehead atoms. The molecule has 0 saturated heterocycles. The summed E-state index contributed by atoms with van der Waals surface area (Å²) in [7, 11) is 1.63. The van der Waals surface area contributed by atoms with E-state index in [0.29, 0.717) is 11.6 Å². The molecule has 0 aromatic carbocycles. The fourth-order valence-corrected chi connectivity index (χ4v) is 1.31. The number of amides is 1. The van der Waals surface area contributed by atoms with Crippen LogP contribution in [0.15, 0.2) is 29.1 Å². The van der Waals surface area contributed by atoms with E-state index in [4.69, 9.17) is 5.73 Å². The van der Waals surface area contributed by atoms with E-state index < -0.39 is 0 Å². The number of rotatable bonds is 3. The van der Waals surface area contributed by atoms with Crippen molar-refractivity contribution >= 4 is 11.7 Å². The summed E-state index contributed by atoms with van der Waals surface area (Å²) >= 11 is 0. The van der Waals surface area contributed by atoms with Crippen molar-refractivity contribution in [2.75, 3.05) is 12.8 Å². The first kappa shape index (κ1) is 11.1. The van der Waals surface area contributed by atoms with Gasteiger partial charge in [0.05, 0.1) is 6.54 Å². The van der Waals surface area contributed by atoms with Crippen LogP contribution in [0, 0.1) is 0 Å². The highest BCUT2D eigenvalue weighted by atomic mass is 16.5. The predicted octanol–water partition coefficient (Wildman–Crippen LogP) is 0.319. The lowest BCUT2D eigenvalue weighted by atomic mass is 10.3. The van der Waals surface area contributed by atoms with E-state index in [1.807, 2.05) is 0 Å². The number of nitrogens with two attached hydrogens (primary N) is 1. The maximum absolute atomic E-state index is 11.9. The average Bonchev–Trinajstić information content (AvgIpc) is 2.80. The highest BCUT2D eigenvalue weighted by molar-refractivity contribution is 5.92. The number of carbonyl (C=O) groups excluding carboxylic acids is 1. The molecule has 1 amide bonds. The molecule has 0 spiro atoms.